The summed E-state index contributed by atoms with van der Waals surface area (Å²) in [6.45, 7) is 5.17. The second-order valence-electron chi connectivity index (χ2n) is 17.7. The van der Waals surface area contributed by atoms with Gasteiger partial charge in [0.25, 0.3) is 5.88 Å². The molecular weight excluding hydrogens is 808 g/mol. The number of alkyl halides is 3. The van der Waals surface area contributed by atoms with Crippen molar-refractivity contribution in [1.82, 2.24) is 19.6 Å². The maximum atomic E-state index is 15.0. The monoisotopic (exact) mass is 863 g/mol. The molecule has 0 spiro atoms. The number of carbonyl (C=O) groups excluding carboxylic acids is 4. The summed E-state index contributed by atoms with van der Waals surface area (Å²) in [5.74, 6) is -4.11. The highest BCUT2D eigenvalue weighted by Crippen LogP contribution is 2.57. The van der Waals surface area contributed by atoms with Crippen molar-refractivity contribution < 1.29 is 55.0 Å². The number of nitrogens with zero attached hydrogens (tertiary/aromatic N) is 4. The lowest BCUT2D eigenvalue weighted by atomic mass is 9.79. The van der Waals surface area contributed by atoms with Gasteiger partial charge in [-0.15, -0.1) is 0 Å². The highest BCUT2D eigenvalue weighted by Gasteiger charge is 2.62. The van der Waals surface area contributed by atoms with Gasteiger partial charge in [0.15, 0.2) is 11.6 Å². The number of halogens is 3. The summed E-state index contributed by atoms with van der Waals surface area (Å²) < 4.78 is 86.5. The molecule has 60 heavy (non-hydrogen) atoms. The van der Waals surface area contributed by atoms with Crippen LogP contribution in [-0.4, -0.2) is 104 Å². The van der Waals surface area contributed by atoms with Gasteiger partial charge >= 0.3 is 12.1 Å². The van der Waals surface area contributed by atoms with Crippen molar-refractivity contribution in [3.63, 3.8) is 0 Å². The summed E-state index contributed by atoms with van der Waals surface area (Å²) in [6, 6.07) is 3.96. The van der Waals surface area contributed by atoms with Gasteiger partial charge in [-0.2, -0.15) is 13.2 Å². The third-order valence-corrected chi connectivity index (χ3v) is 14.3. The van der Waals surface area contributed by atoms with E-state index in [1.807, 2.05) is 26.0 Å². The molecule has 3 heterocycles. The van der Waals surface area contributed by atoms with Crippen molar-refractivity contribution in [2.45, 2.75) is 121 Å². The summed E-state index contributed by atoms with van der Waals surface area (Å²) in [7, 11) is 1.08. The zero-order valence-electron chi connectivity index (χ0n) is 35.2. The molecule has 2 amide bonds. The molecule has 14 nitrogen and oxygen atoms in total. The Kier molecular flexibility index (Phi) is 12.9. The number of hydrogen-bond donors (Lipinski definition) is 1. The quantitative estimate of drug-likeness (QED) is 0.209. The number of amides is 2. The molecule has 2 aromatic rings. The fourth-order valence-electron chi connectivity index (χ4n) is 8.47. The van der Waals surface area contributed by atoms with Gasteiger partial charge in [0, 0.05) is 33.0 Å². The molecule has 2 saturated carbocycles. The maximum Gasteiger partial charge on any atom is 0.427 e. The summed E-state index contributed by atoms with van der Waals surface area (Å²) in [6.07, 6.45) is 0.179. The van der Waals surface area contributed by atoms with E-state index in [0.717, 1.165) is 13.8 Å². The number of ketones is 1. The van der Waals surface area contributed by atoms with Crippen molar-refractivity contribution in [3.8, 4) is 11.6 Å². The summed E-state index contributed by atoms with van der Waals surface area (Å²) in [5.41, 5.74) is -3.19. The minimum absolute atomic E-state index is 0.0154. The lowest BCUT2D eigenvalue weighted by Crippen LogP contribution is -2.48. The van der Waals surface area contributed by atoms with Crippen LogP contribution < -0.4 is 19.1 Å². The van der Waals surface area contributed by atoms with Crippen molar-refractivity contribution in [3.05, 3.63) is 30.4 Å². The predicted molar refractivity (Wildman–Crippen MR) is 215 cm³/mol. The van der Waals surface area contributed by atoms with Crippen LogP contribution in [0.25, 0.3) is 11.0 Å². The number of methoxy groups -OCH3 is 1. The molecule has 3 fully saturated rings. The molecule has 330 valence electrons. The first kappa shape index (κ1) is 45.1. The first-order valence-corrected chi connectivity index (χ1v) is 22.2. The minimum atomic E-state index is -4.87. The number of anilines is 1. The number of nitrogens with one attached hydrogen (secondary N) is 1. The first-order chi connectivity index (χ1) is 28.1. The van der Waals surface area contributed by atoms with E-state index in [0.29, 0.717) is 61.1 Å². The Morgan fingerprint density at radius 1 is 1.07 bits per heavy atom. The van der Waals surface area contributed by atoms with Crippen LogP contribution >= 0.6 is 0 Å². The molecule has 1 aromatic heterocycles. The number of ether oxygens (including phenoxy) is 3. The highest BCUT2D eigenvalue weighted by molar-refractivity contribution is 7.90. The third-order valence-electron chi connectivity index (χ3n) is 12.5. The lowest BCUT2D eigenvalue weighted by molar-refractivity contribution is -0.257. The Bertz CT molecular complexity index is 2130. The fraction of sp³-hybridized carbons (Fsp3) is 0.667. The van der Waals surface area contributed by atoms with E-state index in [2.05, 4.69) is 4.72 Å². The van der Waals surface area contributed by atoms with E-state index in [1.165, 1.54) is 12.0 Å². The summed E-state index contributed by atoms with van der Waals surface area (Å²) in [5, 5.41) is -0.671. The first-order valence-electron chi connectivity index (χ1n) is 20.6. The van der Waals surface area contributed by atoms with E-state index in [1.54, 1.807) is 37.2 Å². The van der Waals surface area contributed by atoms with Crippen LogP contribution in [0.15, 0.2) is 30.4 Å². The molecular formula is C42H56F3N5O9S. The van der Waals surface area contributed by atoms with Crippen LogP contribution in [0.1, 0.15) is 91.9 Å². The second kappa shape index (κ2) is 17.1. The van der Waals surface area contributed by atoms with Gasteiger partial charge in [-0.05, 0) is 82.3 Å². The summed E-state index contributed by atoms with van der Waals surface area (Å²) in [4.78, 5) is 69.5. The van der Waals surface area contributed by atoms with Crippen LogP contribution in [0.4, 0.5) is 19.0 Å². The van der Waals surface area contributed by atoms with Gasteiger partial charge in [0.2, 0.25) is 27.4 Å². The number of aromatic nitrogens is 2. The molecule has 4 aliphatic rings. The molecule has 2 aliphatic heterocycles. The standard InChI is InChI=1S/C42H56F3N5O9S/c1-8-25-17-24(2)11-9-10-12-26-21-41(26,39(54)48-60(55,56)29-14-15-29)22-34(51)33-19-28(23-50(33)38(53)30(25)20-35(52)59-40(3,4)42(43,44)45)58-37-36(49(5)6)46-32-18-27(57-7)13-16-31(32)47-37/h10,12-13,16,18,24-26,28-30,33H,8-9,11,14-15,17,19-23H2,1-7H3,(H,48,54)/b12-10-/t24-,25-,26-,28-,30?,33+,41-/m1/s1. The Labute approximate surface area is 349 Å². The molecule has 18 heteroatoms. The highest BCUT2D eigenvalue weighted by atomic mass is 32.2. The number of rotatable bonds is 11. The van der Waals surface area contributed by atoms with Gasteiger partial charge in [-0.3, -0.25) is 23.9 Å². The smallest absolute Gasteiger partial charge is 0.427 e. The van der Waals surface area contributed by atoms with E-state index < -0.39 is 92.4 Å². The number of allylic oxidation sites excluding steroid dienone is 2. The van der Waals surface area contributed by atoms with Gasteiger partial charge < -0.3 is 24.0 Å². The molecule has 0 radical (unpaired) electrons. The van der Waals surface area contributed by atoms with Crippen LogP contribution in [-0.2, 0) is 33.9 Å². The Morgan fingerprint density at radius 2 is 1.78 bits per heavy atom. The van der Waals surface area contributed by atoms with Crippen LogP contribution in [0.3, 0.4) is 0 Å². The molecule has 2 aliphatic carbocycles. The average Bonchev–Trinajstić information content (AvgIpc) is 4.10. The maximum absolute atomic E-state index is 15.0. The number of benzene rings is 1. The van der Waals surface area contributed by atoms with Gasteiger partial charge in [-0.1, -0.05) is 32.4 Å². The molecule has 1 aromatic carbocycles. The number of Topliss-reactive ketones (excluding diaryl/α,β-unsaturated/α-hetero) is 1. The van der Waals surface area contributed by atoms with Gasteiger partial charge in [0.05, 0.1) is 53.7 Å². The minimum Gasteiger partial charge on any atom is -0.497 e. The number of hydrogen-bond acceptors (Lipinski definition) is 12. The van der Waals surface area contributed by atoms with E-state index in [4.69, 9.17) is 24.2 Å². The van der Waals surface area contributed by atoms with Crippen LogP contribution in [0.5, 0.6) is 11.6 Å². The molecule has 6 rings (SSSR count). The van der Waals surface area contributed by atoms with Crippen molar-refractivity contribution in [2.75, 3.05) is 32.6 Å². The number of esters is 1. The predicted octanol–water partition coefficient (Wildman–Crippen LogP) is 5.92. The third kappa shape index (κ3) is 9.68. The SMILES string of the molecule is CC[C@@H]1C[C@H](C)CC/C=C\[C@@H]2C[C@@]2(C(=O)NS(=O)(=O)C2CC2)CC(=O)[C@@H]2C[C@@H](Oc3nc4ccc(OC)cc4nc3N(C)C)CN2C(=O)C1CC(=O)OC(C)(C)C(F)(F)F. The van der Waals surface area contributed by atoms with Gasteiger partial charge in [0.1, 0.15) is 11.9 Å². The van der Waals surface area contributed by atoms with Crippen molar-refractivity contribution in [1.29, 1.82) is 0 Å². The fourth-order valence-corrected chi connectivity index (χ4v) is 9.86. The second-order valence-corrected chi connectivity index (χ2v) is 19.6. The van der Waals surface area contributed by atoms with E-state index >= 15 is 4.79 Å². The Hall–Kier alpha value is -4.48. The van der Waals surface area contributed by atoms with E-state index in [-0.39, 0.29) is 37.6 Å². The largest absolute Gasteiger partial charge is 0.497 e. The van der Waals surface area contributed by atoms with E-state index in [9.17, 15) is 36.0 Å². The number of sulfonamides is 1. The molecule has 1 saturated heterocycles. The van der Waals surface area contributed by atoms with Crippen LogP contribution in [0.2, 0.25) is 0 Å². The number of fused-ring (bicyclic) bond motifs is 3. The zero-order chi connectivity index (χ0) is 43.9. The zero-order valence-corrected chi connectivity index (χ0v) is 36.0. The van der Waals surface area contributed by atoms with Crippen molar-refractivity contribution >= 4 is 50.4 Å². The number of carbonyl (C=O) groups is 4. The molecule has 1 unspecified atom stereocenters. The topological polar surface area (TPSA) is 174 Å². The van der Waals surface area contributed by atoms with Gasteiger partial charge in [-0.25, -0.2) is 18.4 Å². The summed E-state index contributed by atoms with van der Waals surface area (Å²) >= 11 is 0. The van der Waals surface area contributed by atoms with Crippen molar-refractivity contribution in [2.24, 2.45) is 29.1 Å². The van der Waals surface area contributed by atoms with Crippen LogP contribution in [0, 0.1) is 29.1 Å². The molecule has 1 N–H and O–H groups in total. The average molecular weight is 864 g/mol. The molecule has 0 bridgehead atoms. The Morgan fingerprint density at radius 3 is 2.42 bits per heavy atom. The Balaban J connectivity index is 1.38. The lowest BCUT2D eigenvalue weighted by Gasteiger charge is -2.34. The normalized spacial score (nSPS) is 28.5. The molecule has 7 atom stereocenters.